The SMILES string of the molecule is CCCCCNC(=O)N1C[C@H](S)C[C@H]1COCc1cc(F)c(F)cc1F. The number of carbonyl (C=O) groups is 1. The topological polar surface area (TPSA) is 41.6 Å². The maximum absolute atomic E-state index is 13.6. The lowest BCUT2D eigenvalue weighted by atomic mass is 10.2. The maximum atomic E-state index is 13.6. The summed E-state index contributed by atoms with van der Waals surface area (Å²) in [7, 11) is 0. The third-order valence-corrected chi connectivity index (χ3v) is 4.74. The average molecular weight is 390 g/mol. The van der Waals surface area contributed by atoms with Gasteiger partial charge in [0.15, 0.2) is 11.6 Å². The van der Waals surface area contributed by atoms with Crippen LogP contribution in [0.4, 0.5) is 18.0 Å². The molecule has 1 fully saturated rings. The van der Waals surface area contributed by atoms with Gasteiger partial charge in [-0.15, -0.1) is 0 Å². The molecule has 0 radical (unpaired) electrons. The fraction of sp³-hybridized carbons (Fsp3) is 0.611. The molecule has 1 aliphatic rings. The molecule has 1 aliphatic heterocycles. The van der Waals surface area contributed by atoms with Gasteiger partial charge in [0, 0.05) is 30.0 Å². The first kappa shape index (κ1) is 20.9. The third kappa shape index (κ3) is 5.81. The second-order valence-electron chi connectivity index (χ2n) is 6.51. The molecule has 8 heteroatoms. The van der Waals surface area contributed by atoms with Crippen LogP contribution in [-0.4, -0.2) is 41.9 Å². The van der Waals surface area contributed by atoms with Crippen molar-refractivity contribution in [1.29, 1.82) is 0 Å². The molecule has 2 atom stereocenters. The van der Waals surface area contributed by atoms with Crippen molar-refractivity contribution in [2.24, 2.45) is 0 Å². The van der Waals surface area contributed by atoms with E-state index in [0.29, 0.717) is 25.6 Å². The number of hydrogen-bond donors (Lipinski definition) is 2. The van der Waals surface area contributed by atoms with Gasteiger partial charge in [0.25, 0.3) is 0 Å². The molecule has 0 saturated carbocycles. The summed E-state index contributed by atoms with van der Waals surface area (Å²) < 4.78 is 45.2. The number of urea groups is 1. The van der Waals surface area contributed by atoms with Crippen molar-refractivity contribution in [2.45, 2.75) is 50.5 Å². The number of thiol groups is 1. The van der Waals surface area contributed by atoms with E-state index in [1.54, 1.807) is 4.90 Å². The molecule has 2 rings (SSSR count). The molecule has 146 valence electrons. The molecule has 1 aromatic rings. The number of halogens is 3. The van der Waals surface area contributed by atoms with E-state index in [4.69, 9.17) is 4.74 Å². The van der Waals surface area contributed by atoms with Crippen molar-refractivity contribution in [3.05, 3.63) is 35.1 Å². The van der Waals surface area contributed by atoms with Crippen LogP contribution in [0.25, 0.3) is 0 Å². The minimum Gasteiger partial charge on any atom is -0.375 e. The van der Waals surface area contributed by atoms with Gasteiger partial charge < -0.3 is 15.0 Å². The summed E-state index contributed by atoms with van der Waals surface area (Å²) in [6.07, 6.45) is 3.72. The van der Waals surface area contributed by atoms with E-state index in [0.717, 1.165) is 25.3 Å². The summed E-state index contributed by atoms with van der Waals surface area (Å²) in [4.78, 5) is 14.0. The normalized spacial score (nSPS) is 19.8. The molecule has 1 heterocycles. The van der Waals surface area contributed by atoms with Crippen LogP contribution in [0, 0.1) is 17.5 Å². The van der Waals surface area contributed by atoms with Gasteiger partial charge in [-0.05, 0) is 18.9 Å². The Labute approximate surface area is 157 Å². The van der Waals surface area contributed by atoms with Crippen molar-refractivity contribution in [3.63, 3.8) is 0 Å². The van der Waals surface area contributed by atoms with Crippen LogP contribution in [0.5, 0.6) is 0 Å². The molecule has 1 saturated heterocycles. The van der Waals surface area contributed by atoms with E-state index in [1.165, 1.54) is 0 Å². The molecule has 0 unspecified atom stereocenters. The van der Waals surface area contributed by atoms with Crippen molar-refractivity contribution in [2.75, 3.05) is 19.7 Å². The molecule has 4 nitrogen and oxygen atoms in total. The Balaban J connectivity index is 1.85. The molecule has 1 N–H and O–H groups in total. The lowest BCUT2D eigenvalue weighted by molar-refractivity contribution is 0.0737. The van der Waals surface area contributed by atoms with Crippen molar-refractivity contribution in [1.82, 2.24) is 10.2 Å². The first-order chi connectivity index (χ1) is 12.4. The van der Waals surface area contributed by atoms with Crippen LogP contribution in [0.15, 0.2) is 12.1 Å². The first-order valence-corrected chi connectivity index (χ1v) is 9.37. The Bertz CT molecular complexity index is 618. The van der Waals surface area contributed by atoms with Crippen LogP contribution in [0.2, 0.25) is 0 Å². The van der Waals surface area contributed by atoms with Gasteiger partial charge in [-0.3, -0.25) is 0 Å². The number of unbranched alkanes of at least 4 members (excludes halogenated alkanes) is 2. The summed E-state index contributed by atoms with van der Waals surface area (Å²) in [5.41, 5.74) is -0.0557. The fourth-order valence-electron chi connectivity index (χ4n) is 2.95. The molecule has 0 aromatic heterocycles. The van der Waals surface area contributed by atoms with E-state index in [2.05, 4.69) is 24.9 Å². The summed E-state index contributed by atoms with van der Waals surface area (Å²) in [6.45, 7) is 3.21. The lowest BCUT2D eigenvalue weighted by Gasteiger charge is -2.25. The van der Waals surface area contributed by atoms with Crippen LogP contribution in [0.1, 0.15) is 38.2 Å². The summed E-state index contributed by atoms with van der Waals surface area (Å²) in [5, 5.41) is 2.93. The van der Waals surface area contributed by atoms with Gasteiger partial charge in [-0.2, -0.15) is 12.6 Å². The molecule has 26 heavy (non-hydrogen) atoms. The number of ether oxygens (including phenoxy) is 1. The number of nitrogens with zero attached hydrogens (tertiary/aromatic N) is 1. The highest BCUT2D eigenvalue weighted by molar-refractivity contribution is 7.81. The van der Waals surface area contributed by atoms with Gasteiger partial charge in [0.05, 0.1) is 19.3 Å². The van der Waals surface area contributed by atoms with E-state index in [9.17, 15) is 18.0 Å². The number of carbonyl (C=O) groups excluding carboxylic acids is 1. The summed E-state index contributed by atoms with van der Waals surface area (Å²) in [6, 6.07) is 0.949. The number of rotatable bonds is 8. The standard InChI is InChI=1S/C18H25F3N2O2S/c1-2-3-4-5-22-18(24)23-9-14(26)7-13(23)11-25-10-12-6-16(20)17(21)8-15(12)19/h6,8,13-14,26H,2-5,7,9-11H2,1H3,(H,22,24)/t13-,14+/m0/s1. The highest BCUT2D eigenvalue weighted by atomic mass is 32.1. The maximum Gasteiger partial charge on any atom is 0.317 e. The molecule has 0 bridgehead atoms. The molecule has 0 aliphatic carbocycles. The molecule has 1 aromatic carbocycles. The molecule has 0 spiro atoms. The van der Waals surface area contributed by atoms with Gasteiger partial charge in [-0.25, -0.2) is 18.0 Å². The Hall–Kier alpha value is -1.41. The van der Waals surface area contributed by atoms with Gasteiger partial charge in [0.1, 0.15) is 5.82 Å². The lowest BCUT2D eigenvalue weighted by Crippen LogP contribution is -2.45. The molecule has 2 amide bonds. The number of likely N-dealkylation sites (tertiary alicyclic amines) is 1. The van der Waals surface area contributed by atoms with Crippen LogP contribution < -0.4 is 5.32 Å². The number of hydrogen-bond acceptors (Lipinski definition) is 3. The van der Waals surface area contributed by atoms with Crippen LogP contribution >= 0.6 is 12.6 Å². The third-order valence-electron chi connectivity index (χ3n) is 4.37. The predicted octanol–water partition coefficient (Wildman–Crippen LogP) is 3.89. The number of amides is 2. The van der Waals surface area contributed by atoms with E-state index in [-0.39, 0.29) is 36.1 Å². The van der Waals surface area contributed by atoms with Crippen molar-refractivity contribution in [3.8, 4) is 0 Å². The minimum absolute atomic E-state index is 0.0463. The Morgan fingerprint density at radius 3 is 2.73 bits per heavy atom. The van der Waals surface area contributed by atoms with Crippen molar-refractivity contribution < 1.29 is 22.7 Å². The quantitative estimate of drug-likeness (QED) is 0.402. The second kappa shape index (κ2) is 10.1. The van der Waals surface area contributed by atoms with Gasteiger partial charge in [-0.1, -0.05) is 19.8 Å². The zero-order valence-electron chi connectivity index (χ0n) is 14.8. The number of benzene rings is 1. The molecular formula is C18H25F3N2O2S. The predicted molar refractivity (Wildman–Crippen MR) is 96.8 cm³/mol. The largest absolute Gasteiger partial charge is 0.375 e. The van der Waals surface area contributed by atoms with E-state index >= 15 is 0 Å². The highest BCUT2D eigenvalue weighted by Gasteiger charge is 2.33. The minimum atomic E-state index is -1.23. The fourth-order valence-corrected chi connectivity index (χ4v) is 3.37. The monoisotopic (exact) mass is 390 g/mol. The first-order valence-electron chi connectivity index (χ1n) is 8.86. The zero-order valence-corrected chi connectivity index (χ0v) is 15.7. The van der Waals surface area contributed by atoms with Crippen LogP contribution in [0.3, 0.4) is 0 Å². The van der Waals surface area contributed by atoms with Gasteiger partial charge >= 0.3 is 6.03 Å². The summed E-state index contributed by atoms with van der Waals surface area (Å²) >= 11 is 4.43. The average Bonchev–Trinajstić information content (AvgIpc) is 2.97. The number of nitrogens with one attached hydrogen (secondary N) is 1. The van der Waals surface area contributed by atoms with Gasteiger partial charge in [0.2, 0.25) is 0 Å². The Morgan fingerprint density at radius 1 is 1.27 bits per heavy atom. The molecular weight excluding hydrogens is 365 g/mol. The Kier molecular flexibility index (Phi) is 8.09. The van der Waals surface area contributed by atoms with E-state index in [1.807, 2.05) is 0 Å². The zero-order chi connectivity index (χ0) is 19.1. The van der Waals surface area contributed by atoms with Crippen molar-refractivity contribution >= 4 is 18.7 Å². The van der Waals surface area contributed by atoms with Crippen LogP contribution in [-0.2, 0) is 11.3 Å². The Morgan fingerprint density at radius 2 is 2.00 bits per heavy atom. The van der Waals surface area contributed by atoms with E-state index < -0.39 is 17.5 Å². The smallest absolute Gasteiger partial charge is 0.317 e. The second-order valence-corrected chi connectivity index (χ2v) is 7.24. The highest BCUT2D eigenvalue weighted by Crippen LogP contribution is 2.23. The summed E-state index contributed by atoms with van der Waals surface area (Å²) in [5.74, 6) is -3.20.